The molecule has 0 saturated carbocycles. The maximum Gasteiger partial charge on any atom is 0.0754 e. The van der Waals surface area contributed by atoms with Crippen molar-refractivity contribution in [1.82, 2.24) is 4.57 Å². The molecule has 12 aromatic rings. The van der Waals surface area contributed by atoms with Crippen molar-refractivity contribution in [3.05, 3.63) is 313 Å². The van der Waals surface area contributed by atoms with Crippen LogP contribution in [0.1, 0.15) is 41.7 Å². The van der Waals surface area contributed by atoms with Crippen molar-refractivity contribution in [2.24, 2.45) is 0 Å². The van der Waals surface area contributed by atoms with E-state index in [0.29, 0.717) is 0 Å². The third-order valence-electron chi connectivity index (χ3n) is 15.8. The van der Waals surface area contributed by atoms with Gasteiger partial charge in [-0.2, -0.15) is 0 Å². The summed E-state index contributed by atoms with van der Waals surface area (Å²) in [6.45, 7) is 4.43. The minimum atomic E-state index is -0.588. The van der Waals surface area contributed by atoms with Gasteiger partial charge >= 0.3 is 0 Å². The Labute approximate surface area is 439 Å². The van der Waals surface area contributed by atoms with E-state index in [1.165, 1.54) is 72.0 Å². The molecule has 2 aliphatic rings. The number of aromatic nitrogens is 1. The van der Waals surface area contributed by atoms with E-state index < -0.39 is 5.41 Å². The average molecular weight is 955 g/mol. The van der Waals surface area contributed by atoms with Gasteiger partial charge in [-0.15, -0.1) is 0 Å². The van der Waals surface area contributed by atoms with E-state index in [-0.39, 0.29) is 0 Å². The van der Waals surface area contributed by atoms with Crippen LogP contribution in [0.2, 0.25) is 0 Å². The molecule has 14 rings (SSSR count). The molecular weight excluding hydrogens is 905 g/mol. The predicted molar refractivity (Wildman–Crippen MR) is 313 cm³/mol. The fourth-order valence-electron chi connectivity index (χ4n) is 12.6. The number of fused-ring (bicyclic) bond motifs is 12. The molecule has 75 heavy (non-hydrogen) atoms. The molecule has 1 aliphatic heterocycles. The first-order chi connectivity index (χ1) is 37.1. The normalized spacial score (nSPS) is 14.4. The molecule has 1 unspecified atom stereocenters. The number of hydrogen-bond acceptors (Lipinski definition) is 1. The number of benzene rings is 10. The van der Waals surface area contributed by atoms with Crippen LogP contribution in [0.5, 0.6) is 0 Å². The second-order valence-electron chi connectivity index (χ2n) is 19.7. The molecule has 1 atom stereocenters. The zero-order chi connectivity index (χ0) is 50.0. The Morgan fingerprint density at radius 3 is 1.75 bits per heavy atom. The van der Waals surface area contributed by atoms with Gasteiger partial charge in [-0.3, -0.25) is 0 Å². The van der Waals surface area contributed by atoms with Crippen LogP contribution in [-0.2, 0) is 5.41 Å². The highest BCUT2D eigenvalue weighted by molar-refractivity contribution is 6.13. The first kappa shape index (κ1) is 44.1. The lowest BCUT2D eigenvalue weighted by Gasteiger charge is -2.39. The van der Waals surface area contributed by atoms with Gasteiger partial charge in [-0.05, 0) is 118 Å². The SMILES string of the molecule is C/C=C\C(=C(/C)N(c1ccccc1-c1c#cc(-c2ccccc2)cc1)c1ccccc1-c1ccccc1-c1ccccc1)c1ccc2c(c1)C1(c3ccccc3-2)c2ccccc2-n2c3ccccc3c3cccc1c32. The van der Waals surface area contributed by atoms with Gasteiger partial charge in [0.05, 0.1) is 33.5 Å². The van der Waals surface area contributed by atoms with E-state index in [0.717, 1.165) is 61.6 Å². The van der Waals surface area contributed by atoms with E-state index in [1.54, 1.807) is 0 Å². The maximum absolute atomic E-state index is 3.62. The Morgan fingerprint density at radius 1 is 0.427 bits per heavy atom. The molecule has 352 valence electrons. The second kappa shape index (κ2) is 17.8. The Hall–Kier alpha value is -9.68. The Morgan fingerprint density at radius 2 is 0.987 bits per heavy atom. The van der Waals surface area contributed by atoms with Crippen LogP contribution < -0.4 is 4.90 Å². The van der Waals surface area contributed by atoms with E-state index in [1.807, 2.05) is 0 Å². The summed E-state index contributed by atoms with van der Waals surface area (Å²) in [5.74, 6) is 0. The average Bonchev–Trinajstić information content (AvgIpc) is 4.15. The van der Waals surface area contributed by atoms with Gasteiger partial charge in [0, 0.05) is 44.3 Å². The first-order valence-corrected chi connectivity index (χ1v) is 26.0. The molecule has 0 amide bonds. The van der Waals surface area contributed by atoms with E-state index >= 15 is 0 Å². The molecule has 0 bridgehead atoms. The van der Waals surface area contributed by atoms with Crippen LogP contribution in [0.15, 0.2) is 273 Å². The predicted octanol–water partition coefficient (Wildman–Crippen LogP) is 18.9. The summed E-state index contributed by atoms with van der Waals surface area (Å²) < 4.78 is 2.52. The Balaban J connectivity index is 1.03. The van der Waals surface area contributed by atoms with Crippen molar-refractivity contribution in [1.29, 1.82) is 0 Å². The summed E-state index contributed by atoms with van der Waals surface area (Å²) in [6, 6.07) is 101. The van der Waals surface area contributed by atoms with Crippen molar-refractivity contribution in [3.63, 3.8) is 0 Å². The van der Waals surface area contributed by atoms with Crippen molar-refractivity contribution in [2.75, 3.05) is 4.90 Å². The summed E-state index contributed by atoms with van der Waals surface area (Å²) in [5.41, 5.74) is 25.1. The van der Waals surface area contributed by atoms with E-state index in [2.05, 4.69) is 302 Å². The number of para-hydroxylation sites is 5. The number of anilines is 2. The fraction of sp³-hybridized carbons (Fsp3) is 0.0411. The lowest BCUT2D eigenvalue weighted by atomic mass is 9.65. The summed E-state index contributed by atoms with van der Waals surface area (Å²) in [4.78, 5) is 2.49. The molecule has 0 saturated heterocycles. The Bertz CT molecular complexity index is 4250. The smallest absolute Gasteiger partial charge is 0.0754 e. The van der Waals surface area contributed by atoms with Gasteiger partial charge in [0.15, 0.2) is 0 Å². The Kier molecular flexibility index (Phi) is 10.5. The summed E-state index contributed by atoms with van der Waals surface area (Å²) in [6.07, 6.45) is 4.50. The number of rotatable bonds is 9. The molecule has 0 fully saturated rings. The molecule has 2 heteroatoms. The van der Waals surface area contributed by atoms with E-state index in [4.69, 9.17) is 0 Å². The first-order valence-electron chi connectivity index (χ1n) is 26.0. The molecule has 2 heterocycles. The van der Waals surface area contributed by atoms with Crippen molar-refractivity contribution >= 4 is 38.8 Å². The minimum Gasteiger partial charge on any atom is -0.313 e. The summed E-state index contributed by atoms with van der Waals surface area (Å²) in [7, 11) is 0. The van der Waals surface area contributed by atoms with Crippen molar-refractivity contribution < 1.29 is 0 Å². The van der Waals surface area contributed by atoms with Crippen molar-refractivity contribution in [2.45, 2.75) is 19.3 Å². The third-order valence-corrected chi connectivity index (χ3v) is 15.8. The highest BCUT2D eigenvalue weighted by atomic mass is 15.2. The molecular formula is C73H50N2. The topological polar surface area (TPSA) is 8.17 Å². The maximum atomic E-state index is 3.62. The van der Waals surface area contributed by atoms with Gasteiger partial charge in [0.1, 0.15) is 0 Å². The highest BCUT2D eigenvalue weighted by Gasteiger charge is 2.51. The van der Waals surface area contributed by atoms with E-state index in [9.17, 15) is 0 Å². The standard InChI is InChI=1S/C73H50N2/c1-3-23-55(54-46-47-60-59-31-12-16-35-64(59)73(67(60)48-54)65-36-17-21-41-71(65)75-70-40-20-15-33-62(70)63-34-22-37-66(73)72(63)75)49(2)74(68-38-18-13-29-57(68)53-44-42-51(43-45-53)50-24-6-4-7-25-50)69-39-19-14-32-61(69)58-30-11-10-28-56(58)52-26-8-5-9-27-52/h3-42,44,46-48H,1-2H3/b23-3-,55-49-. The largest absolute Gasteiger partial charge is 0.313 e. The summed E-state index contributed by atoms with van der Waals surface area (Å²) in [5, 5.41) is 2.54. The van der Waals surface area contributed by atoms with Gasteiger partial charge in [0.2, 0.25) is 0 Å². The number of hydrogen-bond donors (Lipinski definition) is 0. The van der Waals surface area contributed by atoms with Crippen LogP contribution in [-0.4, -0.2) is 4.57 Å². The minimum absolute atomic E-state index is 0.588. The third kappa shape index (κ3) is 6.75. The van der Waals surface area contributed by atoms with Crippen molar-refractivity contribution in [3.8, 4) is 61.3 Å². The zero-order valence-corrected chi connectivity index (χ0v) is 41.8. The van der Waals surface area contributed by atoms with Crippen LogP contribution in [0.25, 0.3) is 88.7 Å². The molecule has 1 aliphatic carbocycles. The molecule has 1 aromatic heterocycles. The van der Waals surface area contributed by atoms with Crippen LogP contribution >= 0.6 is 0 Å². The molecule has 1 spiro atoms. The molecule has 0 radical (unpaired) electrons. The molecule has 2 nitrogen and oxygen atoms in total. The van der Waals surface area contributed by atoms with Crippen LogP contribution in [0.3, 0.4) is 0 Å². The monoisotopic (exact) mass is 954 g/mol. The number of allylic oxidation sites excluding steroid dienone is 4. The zero-order valence-electron chi connectivity index (χ0n) is 41.8. The quantitative estimate of drug-likeness (QED) is 0.131. The summed E-state index contributed by atoms with van der Waals surface area (Å²) >= 11 is 0. The second-order valence-corrected chi connectivity index (χ2v) is 19.7. The van der Waals surface area contributed by atoms with Gasteiger partial charge in [-0.1, -0.05) is 237 Å². The molecule has 0 N–H and O–H groups in total. The van der Waals surface area contributed by atoms with Crippen LogP contribution in [0, 0.1) is 12.1 Å². The van der Waals surface area contributed by atoms with Crippen LogP contribution in [0.4, 0.5) is 11.4 Å². The lowest BCUT2D eigenvalue weighted by molar-refractivity contribution is 0.748. The lowest BCUT2D eigenvalue weighted by Crippen LogP contribution is -2.33. The number of nitrogens with zero attached hydrogens (tertiary/aromatic N) is 2. The van der Waals surface area contributed by atoms with Gasteiger partial charge in [0.25, 0.3) is 0 Å². The van der Waals surface area contributed by atoms with Gasteiger partial charge < -0.3 is 9.47 Å². The highest BCUT2D eigenvalue weighted by Crippen LogP contribution is 2.61. The molecule has 11 aromatic carbocycles. The fourth-order valence-corrected chi connectivity index (χ4v) is 12.6. The van der Waals surface area contributed by atoms with Gasteiger partial charge in [-0.25, -0.2) is 0 Å².